The van der Waals surface area contributed by atoms with Crippen molar-refractivity contribution < 1.29 is 19.1 Å². The molecule has 0 bridgehead atoms. The highest BCUT2D eigenvalue weighted by molar-refractivity contribution is 7.21. The molecule has 3 N–H and O–H groups in total. The first kappa shape index (κ1) is 20.9. The van der Waals surface area contributed by atoms with Crippen LogP contribution < -0.4 is 20.9 Å². The maximum atomic E-state index is 13.1. The van der Waals surface area contributed by atoms with Crippen LogP contribution in [0.15, 0.2) is 63.8 Å². The number of carbonyl (C=O) groups is 1. The van der Waals surface area contributed by atoms with Crippen molar-refractivity contribution in [2.24, 2.45) is 0 Å². The van der Waals surface area contributed by atoms with Crippen LogP contribution in [0.25, 0.3) is 26.8 Å². The van der Waals surface area contributed by atoms with Crippen molar-refractivity contribution in [3.63, 3.8) is 0 Å². The summed E-state index contributed by atoms with van der Waals surface area (Å²) in [6.07, 6.45) is 0. The maximum absolute atomic E-state index is 13.1. The SMILES string of the molecule is Nc1nc2sc(-c3nnc(C(=O)O)o3)cc2n(-c2ccc3c(c2)N(c2ccccc2)CCO3)c1=O. The lowest BCUT2D eigenvalue weighted by molar-refractivity contribution is 0.0654. The molecule has 0 fully saturated rings. The summed E-state index contributed by atoms with van der Waals surface area (Å²) in [4.78, 5) is 31.5. The number of anilines is 3. The summed E-state index contributed by atoms with van der Waals surface area (Å²) < 4.78 is 12.5. The molecule has 4 heterocycles. The molecular formula is C23H16N6O5S. The van der Waals surface area contributed by atoms with Gasteiger partial charge in [-0.1, -0.05) is 18.2 Å². The molecule has 35 heavy (non-hydrogen) atoms. The summed E-state index contributed by atoms with van der Waals surface area (Å²) in [5, 5.41) is 16.4. The minimum absolute atomic E-state index is 0.0112. The van der Waals surface area contributed by atoms with Gasteiger partial charge >= 0.3 is 11.9 Å². The van der Waals surface area contributed by atoms with Crippen LogP contribution in [0.4, 0.5) is 17.2 Å². The Bertz CT molecular complexity index is 1660. The van der Waals surface area contributed by atoms with Crippen molar-refractivity contribution in [1.29, 1.82) is 0 Å². The summed E-state index contributed by atoms with van der Waals surface area (Å²) >= 11 is 1.16. The predicted octanol–water partition coefficient (Wildman–Crippen LogP) is 3.31. The second kappa shape index (κ2) is 7.95. The van der Waals surface area contributed by atoms with Gasteiger partial charge in [-0.05, 0) is 36.4 Å². The highest BCUT2D eigenvalue weighted by atomic mass is 32.1. The Morgan fingerprint density at radius 1 is 1.09 bits per heavy atom. The quantitative estimate of drug-likeness (QED) is 0.386. The number of nitrogens with two attached hydrogens (primary N) is 1. The number of thiophene rings is 1. The fraction of sp³-hybridized carbons (Fsp3) is 0.0870. The van der Waals surface area contributed by atoms with Crippen LogP contribution in [-0.2, 0) is 0 Å². The molecular weight excluding hydrogens is 472 g/mol. The molecule has 0 unspecified atom stereocenters. The Hall–Kier alpha value is -4.71. The number of nitrogen functional groups attached to an aromatic ring is 1. The average Bonchev–Trinajstić information content (AvgIpc) is 3.52. The van der Waals surface area contributed by atoms with E-state index in [-0.39, 0.29) is 11.7 Å². The van der Waals surface area contributed by atoms with Gasteiger partial charge in [-0.15, -0.1) is 21.5 Å². The van der Waals surface area contributed by atoms with Crippen molar-refractivity contribution in [3.05, 3.63) is 70.8 Å². The number of aromatic nitrogens is 4. The van der Waals surface area contributed by atoms with Gasteiger partial charge in [0.2, 0.25) is 0 Å². The molecule has 5 aromatic rings. The van der Waals surface area contributed by atoms with Crippen LogP contribution in [0, 0.1) is 0 Å². The second-order valence-corrected chi connectivity index (χ2v) is 8.67. The number of fused-ring (bicyclic) bond motifs is 2. The van der Waals surface area contributed by atoms with E-state index in [2.05, 4.69) is 20.1 Å². The molecule has 0 spiro atoms. The number of para-hydroxylation sites is 1. The van der Waals surface area contributed by atoms with E-state index in [4.69, 9.17) is 20.0 Å². The Morgan fingerprint density at radius 3 is 2.69 bits per heavy atom. The van der Waals surface area contributed by atoms with Gasteiger partial charge in [0.25, 0.3) is 11.4 Å². The van der Waals surface area contributed by atoms with E-state index in [0.717, 1.165) is 22.7 Å². The van der Waals surface area contributed by atoms with E-state index >= 15 is 0 Å². The zero-order valence-corrected chi connectivity index (χ0v) is 18.7. The van der Waals surface area contributed by atoms with E-state index in [1.54, 1.807) is 12.1 Å². The molecule has 3 aromatic heterocycles. The van der Waals surface area contributed by atoms with Gasteiger partial charge in [-0.3, -0.25) is 9.36 Å². The summed E-state index contributed by atoms with van der Waals surface area (Å²) in [7, 11) is 0. The summed E-state index contributed by atoms with van der Waals surface area (Å²) in [6, 6.07) is 17.0. The number of carboxylic acids is 1. The van der Waals surface area contributed by atoms with Crippen LogP contribution in [-0.4, -0.2) is 44.0 Å². The first-order valence-electron chi connectivity index (χ1n) is 10.5. The fourth-order valence-electron chi connectivity index (χ4n) is 3.99. The molecule has 174 valence electrons. The third-order valence-electron chi connectivity index (χ3n) is 5.53. The summed E-state index contributed by atoms with van der Waals surface area (Å²) in [6.45, 7) is 1.18. The number of ether oxygens (including phenoxy) is 1. The highest BCUT2D eigenvalue weighted by Gasteiger charge is 2.23. The number of aromatic carboxylic acids is 1. The van der Waals surface area contributed by atoms with Crippen molar-refractivity contribution in [2.75, 3.05) is 23.8 Å². The van der Waals surface area contributed by atoms with Crippen LogP contribution in [0.1, 0.15) is 10.7 Å². The van der Waals surface area contributed by atoms with Crippen LogP contribution in [0.5, 0.6) is 5.75 Å². The third-order valence-corrected chi connectivity index (χ3v) is 6.54. The maximum Gasteiger partial charge on any atom is 0.393 e. The first-order valence-corrected chi connectivity index (χ1v) is 11.3. The Morgan fingerprint density at radius 2 is 1.91 bits per heavy atom. The molecule has 0 saturated heterocycles. The van der Waals surface area contributed by atoms with Crippen LogP contribution in [0.2, 0.25) is 0 Å². The number of nitrogens with zero attached hydrogens (tertiary/aromatic N) is 5. The van der Waals surface area contributed by atoms with Gasteiger partial charge < -0.3 is 24.9 Å². The smallest absolute Gasteiger partial charge is 0.393 e. The van der Waals surface area contributed by atoms with E-state index in [1.165, 1.54) is 4.57 Å². The number of rotatable bonds is 4. The van der Waals surface area contributed by atoms with Gasteiger partial charge in [-0.25, -0.2) is 9.78 Å². The minimum Gasteiger partial charge on any atom is -0.490 e. The molecule has 0 saturated carbocycles. The molecule has 11 nitrogen and oxygen atoms in total. The van der Waals surface area contributed by atoms with Gasteiger partial charge in [-0.2, -0.15) is 0 Å². The highest BCUT2D eigenvalue weighted by Crippen LogP contribution is 2.39. The van der Waals surface area contributed by atoms with E-state index in [1.807, 2.05) is 42.5 Å². The van der Waals surface area contributed by atoms with E-state index in [0.29, 0.717) is 39.8 Å². The van der Waals surface area contributed by atoms with E-state index < -0.39 is 17.4 Å². The van der Waals surface area contributed by atoms with Gasteiger partial charge in [0.05, 0.1) is 28.3 Å². The monoisotopic (exact) mass is 488 g/mol. The Kier molecular flexibility index (Phi) is 4.74. The zero-order chi connectivity index (χ0) is 24.1. The van der Waals surface area contributed by atoms with Gasteiger partial charge in [0.15, 0.2) is 5.82 Å². The van der Waals surface area contributed by atoms with Crippen molar-refractivity contribution in [1.82, 2.24) is 19.7 Å². The molecule has 0 radical (unpaired) electrons. The first-order chi connectivity index (χ1) is 17.0. The number of hydrogen-bond acceptors (Lipinski definition) is 10. The predicted molar refractivity (Wildman–Crippen MR) is 129 cm³/mol. The Labute approximate surface area is 200 Å². The van der Waals surface area contributed by atoms with Crippen molar-refractivity contribution in [3.8, 4) is 22.2 Å². The largest absolute Gasteiger partial charge is 0.490 e. The normalized spacial score (nSPS) is 13.0. The van der Waals surface area contributed by atoms with Crippen molar-refractivity contribution in [2.45, 2.75) is 0 Å². The van der Waals surface area contributed by atoms with Gasteiger partial charge in [0, 0.05) is 5.69 Å². The molecule has 1 aliphatic heterocycles. The van der Waals surface area contributed by atoms with Gasteiger partial charge in [0.1, 0.15) is 17.2 Å². The standard InChI is InChI=1S/C23H16N6O5S/c24-18-22(30)29(15-11-17(35-21(15)25-18)19-26-27-20(34-19)23(31)32)13-6-7-16-14(10-13)28(8-9-33-16)12-4-2-1-3-5-12/h1-7,10-11H,8-9H2,(H2,24,25)(H,31,32). The van der Waals surface area contributed by atoms with Crippen molar-refractivity contribution >= 4 is 44.8 Å². The lowest BCUT2D eigenvalue weighted by atomic mass is 10.1. The molecule has 2 aromatic carbocycles. The third kappa shape index (κ3) is 3.47. The minimum atomic E-state index is -1.33. The molecule has 0 amide bonds. The van der Waals surface area contributed by atoms with Crippen LogP contribution in [0.3, 0.4) is 0 Å². The number of benzene rings is 2. The number of carboxylic acid groups (broad SMARTS) is 1. The van der Waals surface area contributed by atoms with E-state index in [9.17, 15) is 9.59 Å². The summed E-state index contributed by atoms with van der Waals surface area (Å²) in [5.74, 6) is -1.32. The average molecular weight is 488 g/mol. The number of hydrogen-bond donors (Lipinski definition) is 2. The molecule has 1 aliphatic rings. The summed E-state index contributed by atoms with van der Waals surface area (Å²) in [5.41, 5.74) is 8.35. The molecule has 6 rings (SSSR count). The lowest BCUT2D eigenvalue weighted by Gasteiger charge is -2.31. The Balaban J connectivity index is 1.52. The lowest BCUT2D eigenvalue weighted by Crippen LogP contribution is -2.29. The molecule has 12 heteroatoms. The fourth-order valence-corrected chi connectivity index (χ4v) is 4.93. The topological polar surface area (TPSA) is 150 Å². The van der Waals surface area contributed by atoms with Crippen LogP contribution >= 0.6 is 11.3 Å². The molecule has 0 aliphatic carbocycles. The zero-order valence-electron chi connectivity index (χ0n) is 17.9. The second-order valence-electron chi connectivity index (χ2n) is 7.64. The molecule has 0 atom stereocenters.